The Hall–Kier alpha value is -3.23. The predicted molar refractivity (Wildman–Crippen MR) is 147 cm³/mol. The number of aromatic carboxylic acids is 1. The molecule has 2 saturated heterocycles. The quantitative estimate of drug-likeness (QED) is 0.280. The first-order chi connectivity index (χ1) is 18.5. The van der Waals surface area contributed by atoms with Crippen molar-refractivity contribution in [3.63, 3.8) is 0 Å². The third-order valence-electron chi connectivity index (χ3n) is 8.46. The number of ether oxygens (including phenoxy) is 1. The Balaban J connectivity index is 1.10. The highest BCUT2D eigenvalue weighted by Crippen LogP contribution is 2.46. The standard InChI is InChI=1S/C30H31N3O4S/c1-16-5-3-4-6-23(16)27-24(28(37-32-27)18-7-8-18)15-36-22-13-20-9-10-21(14-22)33(20)30-31-26-17(2)11-19(29(34)35)12-25(26)38-30/h3-6,11-12,18,20-22H,7-10,13-15H2,1-2H3,(H,34,35)/t20-,21+,22+. The van der Waals surface area contributed by atoms with E-state index in [0.29, 0.717) is 30.2 Å². The lowest BCUT2D eigenvalue weighted by atomic mass is 9.99. The lowest BCUT2D eigenvalue weighted by molar-refractivity contribution is 0.0147. The molecule has 1 saturated carbocycles. The van der Waals surface area contributed by atoms with Crippen LogP contribution in [0.25, 0.3) is 21.5 Å². The molecular weight excluding hydrogens is 498 g/mol. The van der Waals surface area contributed by atoms with Crippen LogP contribution in [0.3, 0.4) is 0 Å². The molecule has 2 aromatic carbocycles. The Bertz CT molecular complexity index is 1520. The summed E-state index contributed by atoms with van der Waals surface area (Å²) in [5.41, 5.74) is 6.51. The minimum absolute atomic E-state index is 0.185. The van der Waals surface area contributed by atoms with Crippen molar-refractivity contribution in [1.29, 1.82) is 0 Å². The summed E-state index contributed by atoms with van der Waals surface area (Å²) in [5.74, 6) is 0.585. The lowest BCUT2D eigenvalue weighted by Crippen LogP contribution is -2.45. The summed E-state index contributed by atoms with van der Waals surface area (Å²) >= 11 is 1.61. The van der Waals surface area contributed by atoms with E-state index in [9.17, 15) is 9.90 Å². The lowest BCUT2D eigenvalue weighted by Gasteiger charge is -2.38. The number of rotatable bonds is 7. The second-order valence-corrected chi connectivity index (χ2v) is 12.1. The largest absolute Gasteiger partial charge is 0.478 e. The van der Waals surface area contributed by atoms with E-state index >= 15 is 0 Å². The molecule has 2 aliphatic heterocycles. The molecule has 0 unspecified atom stereocenters. The Morgan fingerprint density at radius 3 is 2.58 bits per heavy atom. The average molecular weight is 530 g/mol. The Morgan fingerprint density at radius 1 is 1.11 bits per heavy atom. The number of benzene rings is 2. The fourth-order valence-electron chi connectivity index (χ4n) is 6.37. The summed E-state index contributed by atoms with van der Waals surface area (Å²) in [5, 5.41) is 15.0. The molecule has 3 fully saturated rings. The van der Waals surface area contributed by atoms with Crippen molar-refractivity contribution in [3.8, 4) is 11.3 Å². The summed E-state index contributed by atoms with van der Waals surface area (Å²) in [7, 11) is 0. The fourth-order valence-corrected chi connectivity index (χ4v) is 7.60. The van der Waals surface area contributed by atoms with Crippen molar-refractivity contribution >= 4 is 32.7 Å². The number of carboxylic acids is 1. The number of piperidine rings is 1. The molecule has 3 atom stereocenters. The van der Waals surface area contributed by atoms with Gasteiger partial charge in [-0.1, -0.05) is 40.8 Å². The number of fused-ring (bicyclic) bond motifs is 3. The molecule has 196 valence electrons. The maximum absolute atomic E-state index is 11.5. The topological polar surface area (TPSA) is 88.7 Å². The van der Waals surface area contributed by atoms with Crippen LogP contribution >= 0.6 is 11.3 Å². The molecule has 1 aliphatic carbocycles. The van der Waals surface area contributed by atoms with E-state index in [1.165, 1.54) is 5.56 Å². The van der Waals surface area contributed by atoms with Gasteiger partial charge in [-0.05, 0) is 75.6 Å². The number of carboxylic acid groups (broad SMARTS) is 1. The summed E-state index contributed by atoms with van der Waals surface area (Å²) in [4.78, 5) is 19.0. The maximum Gasteiger partial charge on any atom is 0.335 e. The second-order valence-electron chi connectivity index (χ2n) is 11.1. The van der Waals surface area contributed by atoms with Gasteiger partial charge in [0.1, 0.15) is 11.5 Å². The molecule has 7 nitrogen and oxygen atoms in total. The zero-order valence-corrected chi connectivity index (χ0v) is 22.5. The number of aromatic nitrogens is 2. The summed E-state index contributed by atoms with van der Waals surface area (Å²) in [6.07, 6.45) is 6.71. The van der Waals surface area contributed by atoms with Gasteiger partial charge in [-0.25, -0.2) is 9.78 Å². The van der Waals surface area contributed by atoms with E-state index in [4.69, 9.17) is 14.2 Å². The van der Waals surface area contributed by atoms with Crippen LogP contribution in [0.15, 0.2) is 40.9 Å². The molecule has 1 N–H and O–H groups in total. The highest BCUT2D eigenvalue weighted by Gasteiger charge is 2.43. The monoisotopic (exact) mass is 529 g/mol. The van der Waals surface area contributed by atoms with E-state index in [-0.39, 0.29) is 6.10 Å². The number of aryl methyl sites for hydroxylation is 2. The number of nitrogens with zero attached hydrogens (tertiary/aromatic N) is 3. The van der Waals surface area contributed by atoms with Gasteiger partial charge in [0.2, 0.25) is 0 Å². The van der Waals surface area contributed by atoms with E-state index in [1.807, 2.05) is 6.92 Å². The molecule has 8 heteroatoms. The number of thiazole rings is 1. The predicted octanol–water partition coefficient (Wildman–Crippen LogP) is 6.86. The number of hydrogen-bond donors (Lipinski definition) is 1. The number of anilines is 1. The van der Waals surface area contributed by atoms with E-state index < -0.39 is 5.97 Å². The molecular formula is C30H31N3O4S. The molecule has 2 bridgehead atoms. The van der Waals surface area contributed by atoms with Gasteiger partial charge in [-0.2, -0.15) is 0 Å². The van der Waals surface area contributed by atoms with Crippen LogP contribution in [0.2, 0.25) is 0 Å². The molecule has 3 aliphatic rings. The van der Waals surface area contributed by atoms with Gasteiger partial charge in [-0.15, -0.1) is 0 Å². The Morgan fingerprint density at radius 2 is 1.87 bits per heavy atom. The third-order valence-corrected chi connectivity index (χ3v) is 9.48. The van der Waals surface area contributed by atoms with E-state index in [1.54, 1.807) is 23.5 Å². The normalized spacial score (nSPS) is 22.9. The smallest absolute Gasteiger partial charge is 0.335 e. The zero-order chi connectivity index (χ0) is 26.0. The first kappa shape index (κ1) is 23.9. The summed E-state index contributed by atoms with van der Waals surface area (Å²) in [6, 6.07) is 12.6. The van der Waals surface area contributed by atoms with E-state index in [2.05, 4.69) is 41.2 Å². The van der Waals surface area contributed by atoms with Crippen molar-refractivity contribution in [1.82, 2.24) is 10.1 Å². The van der Waals surface area contributed by atoms with Crippen LogP contribution in [-0.2, 0) is 11.3 Å². The molecule has 38 heavy (non-hydrogen) atoms. The first-order valence-electron chi connectivity index (χ1n) is 13.5. The zero-order valence-electron chi connectivity index (χ0n) is 21.6. The Kier molecular flexibility index (Phi) is 5.78. The molecule has 4 heterocycles. The molecule has 4 aromatic rings. The minimum Gasteiger partial charge on any atom is -0.478 e. The third kappa shape index (κ3) is 4.10. The van der Waals surface area contributed by atoms with E-state index in [0.717, 1.165) is 82.0 Å². The Labute approximate surface area is 225 Å². The van der Waals surface area contributed by atoms with Gasteiger partial charge < -0.3 is 19.3 Å². The van der Waals surface area contributed by atoms with Gasteiger partial charge in [0.05, 0.1) is 28.5 Å². The summed E-state index contributed by atoms with van der Waals surface area (Å²) < 4.78 is 13.4. The van der Waals surface area contributed by atoms with Crippen LogP contribution in [-0.4, -0.2) is 39.4 Å². The van der Waals surface area contributed by atoms with Crippen molar-refractivity contribution in [2.75, 3.05) is 4.90 Å². The minimum atomic E-state index is -0.897. The van der Waals surface area contributed by atoms with Gasteiger partial charge in [-0.3, -0.25) is 0 Å². The van der Waals surface area contributed by atoms with Crippen molar-refractivity contribution in [3.05, 3.63) is 64.4 Å². The van der Waals surface area contributed by atoms with Crippen LogP contribution in [0.4, 0.5) is 5.13 Å². The molecule has 2 aromatic heterocycles. The van der Waals surface area contributed by atoms with Crippen molar-refractivity contribution < 1.29 is 19.2 Å². The molecule has 0 radical (unpaired) electrons. The van der Waals surface area contributed by atoms with Crippen LogP contribution in [0.5, 0.6) is 0 Å². The maximum atomic E-state index is 11.5. The van der Waals surface area contributed by atoms with Crippen LogP contribution < -0.4 is 4.90 Å². The molecule has 7 rings (SSSR count). The SMILES string of the molecule is Cc1ccccc1-c1noc(C2CC2)c1CO[C@H]1C[C@H]2CC[C@@H](C1)N2c1nc2c(C)cc(C(=O)O)cc2s1. The number of hydrogen-bond acceptors (Lipinski definition) is 7. The highest BCUT2D eigenvalue weighted by molar-refractivity contribution is 7.22. The molecule has 0 amide bonds. The fraction of sp³-hybridized carbons (Fsp3) is 0.433. The van der Waals surface area contributed by atoms with Crippen LogP contribution in [0, 0.1) is 13.8 Å². The van der Waals surface area contributed by atoms with Gasteiger partial charge in [0, 0.05) is 29.1 Å². The molecule has 0 spiro atoms. The highest BCUT2D eigenvalue weighted by atomic mass is 32.1. The van der Waals surface area contributed by atoms with Gasteiger partial charge >= 0.3 is 5.97 Å². The second kappa shape index (κ2) is 9.20. The number of carbonyl (C=O) groups is 1. The average Bonchev–Trinajstić information content (AvgIpc) is 3.41. The van der Waals surface area contributed by atoms with Crippen molar-refractivity contribution in [2.45, 2.75) is 83.1 Å². The summed E-state index contributed by atoms with van der Waals surface area (Å²) in [6.45, 7) is 4.59. The van der Waals surface area contributed by atoms with Crippen molar-refractivity contribution in [2.24, 2.45) is 0 Å². The van der Waals surface area contributed by atoms with Gasteiger partial charge in [0.25, 0.3) is 0 Å². The van der Waals surface area contributed by atoms with Crippen LogP contribution in [0.1, 0.15) is 77.3 Å². The first-order valence-corrected chi connectivity index (χ1v) is 14.4. The van der Waals surface area contributed by atoms with Gasteiger partial charge in [0.15, 0.2) is 5.13 Å².